The van der Waals surface area contributed by atoms with Gasteiger partial charge in [0.2, 0.25) is 10.0 Å². The van der Waals surface area contributed by atoms with Gasteiger partial charge in [0.05, 0.1) is 7.11 Å². The lowest BCUT2D eigenvalue weighted by atomic mass is 10.4. The predicted molar refractivity (Wildman–Crippen MR) is 47.0 cm³/mol. The Morgan fingerprint density at radius 3 is 2.57 bits per heavy atom. The molecular weight excluding hydrogens is 233 g/mol. The molecule has 1 aromatic rings. The highest BCUT2D eigenvalue weighted by Crippen LogP contribution is 2.24. The summed E-state index contributed by atoms with van der Waals surface area (Å²) >= 11 is 0.437. The molecule has 0 radical (unpaired) electrons. The standard InChI is InChI=1S/C6H6FNO4S2/c1-12-6(9)5-3(7)2-4(13-5)14(8,10)11/h2H,1H3,(H2,8,10,11). The molecular formula is C6H6FNO4S2. The maximum atomic E-state index is 13.0. The molecule has 0 amide bonds. The van der Waals surface area contributed by atoms with Crippen LogP contribution < -0.4 is 5.14 Å². The van der Waals surface area contributed by atoms with Crippen molar-refractivity contribution in [1.82, 2.24) is 0 Å². The minimum absolute atomic E-state index is 0.406. The van der Waals surface area contributed by atoms with Gasteiger partial charge in [0, 0.05) is 6.07 Å². The second kappa shape index (κ2) is 3.64. The molecule has 1 heterocycles. The Hall–Kier alpha value is -0.990. The van der Waals surface area contributed by atoms with E-state index in [2.05, 4.69) is 4.74 Å². The SMILES string of the molecule is COC(=O)c1sc(S(N)(=O)=O)cc1F. The zero-order chi connectivity index (χ0) is 10.9. The maximum Gasteiger partial charge on any atom is 0.351 e. The van der Waals surface area contributed by atoms with E-state index in [0.717, 1.165) is 7.11 Å². The van der Waals surface area contributed by atoms with Crippen LogP contribution in [0.4, 0.5) is 4.39 Å². The number of carbonyl (C=O) groups excluding carboxylic acids is 1. The van der Waals surface area contributed by atoms with E-state index in [1.54, 1.807) is 0 Å². The fourth-order valence-electron chi connectivity index (χ4n) is 0.720. The molecule has 2 N–H and O–H groups in total. The molecule has 0 saturated carbocycles. The first-order valence-corrected chi connectivity index (χ1v) is 5.63. The quantitative estimate of drug-likeness (QED) is 0.753. The van der Waals surface area contributed by atoms with Crippen molar-refractivity contribution in [3.63, 3.8) is 0 Å². The third-order valence-electron chi connectivity index (χ3n) is 1.32. The Labute approximate surface area is 83.3 Å². The summed E-state index contributed by atoms with van der Waals surface area (Å²) in [5, 5.41) is 4.74. The van der Waals surface area contributed by atoms with Gasteiger partial charge in [0.15, 0.2) is 0 Å². The molecule has 0 aliphatic rings. The highest BCUT2D eigenvalue weighted by molar-refractivity contribution is 7.91. The largest absolute Gasteiger partial charge is 0.465 e. The third-order valence-corrected chi connectivity index (χ3v) is 3.83. The average Bonchev–Trinajstić information content (AvgIpc) is 2.45. The van der Waals surface area contributed by atoms with Crippen molar-refractivity contribution < 1.29 is 22.3 Å². The number of hydrogen-bond donors (Lipinski definition) is 1. The van der Waals surface area contributed by atoms with Gasteiger partial charge >= 0.3 is 5.97 Å². The van der Waals surface area contributed by atoms with Crippen LogP contribution in [0.1, 0.15) is 9.67 Å². The van der Waals surface area contributed by atoms with Crippen LogP contribution in [0.15, 0.2) is 10.3 Å². The second-order valence-corrected chi connectivity index (χ2v) is 5.12. The number of methoxy groups -OCH3 is 1. The van der Waals surface area contributed by atoms with E-state index in [1.807, 2.05) is 0 Å². The lowest BCUT2D eigenvalue weighted by molar-refractivity contribution is 0.0601. The van der Waals surface area contributed by atoms with Crippen molar-refractivity contribution in [3.8, 4) is 0 Å². The number of thiophene rings is 1. The van der Waals surface area contributed by atoms with Crippen molar-refractivity contribution in [3.05, 3.63) is 16.8 Å². The summed E-state index contributed by atoms with van der Waals surface area (Å²) in [6.07, 6.45) is 0. The fourth-order valence-corrected chi connectivity index (χ4v) is 2.39. The van der Waals surface area contributed by atoms with E-state index in [9.17, 15) is 17.6 Å². The monoisotopic (exact) mass is 239 g/mol. The number of rotatable bonds is 2. The number of primary sulfonamides is 1. The number of halogens is 1. The minimum Gasteiger partial charge on any atom is -0.465 e. The molecule has 1 rings (SSSR count). The van der Waals surface area contributed by atoms with E-state index >= 15 is 0 Å². The molecule has 1 aromatic heterocycles. The lowest BCUT2D eigenvalue weighted by Crippen LogP contribution is -2.10. The topological polar surface area (TPSA) is 86.5 Å². The van der Waals surface area contributed by atoms with Crippen LogP contribution in [-0.2, 0) is 14.8 Å². The number of sulfonamides is 1. The molecule has 0 bridgehead atoms. The first kappa shape index (κ1) is 11.1. The highest BCUT2D eigenvalue weighted by Gasteiger charge is 2.21. The number of carbonyl (C=O) groups is 1. The first-order valence-electron chi connectivity index (χ1n) is 3.26. The van der Waals surface area contributed by atoms with Crippen molar-refractivity contribution in [2.24, 2.45) is 5.14 Å². The summed E-state index contributed by atoms with van der Waals surface area (Å²) in [6.45, 7) is 0. The van der Waals surface area contributed by atoms with E-state index in [1.165, 1.54) is 0 Å². The Bertz CT molecular complexity index is 464. The number of ether oxygens (including phenoxy) is 1. The van der Waals surface area contributed by atoms with E-state index < -0.39 is 30.9 Å². The van der Waals surface area contributed by atoms with Crippen molar-refractivity contribution in [2.45, 2.75) is 4.21 Å². The smallest absolute Gasteiger partial charge is 0.351 e. The van der Waals surface area contributed by atoms with Crippen LogP contribution in [0.2, 0.25) is 0 Å². The summed E-state index contributed by atoms with van der Waals surface area (Å²) in [4.78, 5) is 10.5. The predicted octanol–water partition coefficient (Wildman–Crippen LogP) is 0.321. The third kappa shape index (κ3) is 2.08. The van der Waals surface area contributed by atoms with Crippen LogP contribution >= 0.6 is 11.3 Å². The molecule has 0 saturated heterocycles. The van der Waals surface area contributed by atoms with E-state index in [-0.39, 0.29) is 0 Å². The molecule has 78 valence electrons. The first-order chi connectivity index (χ1) is 6.36. The normalized spacial score (nSPS) is 11.4. The molecule has 14 heavy (non-hydrogen) atoms. The Balaban J connectivity index is 3.25. The van der Waals surface area contributed by atoms with Gasteiger partial charge in [-0.1, -0.05) is 0 Å². The number of hydrogen-bond acceptors (Lipinski definition) is 5. The molecule has 5 nitrogen and oxygen atoms in total. The van der Waals surface area contributed by atoms with Crippen molar-refractivity contribution in [1.29, 1.82) is 0 Å². The van der Waals surface area contributed by atoms with Crippen molar-refractivity contribution in [2.75, 3.05) is 7.11 Å². The van der Waals surface area contributed by atoms with Gasteiger partial charge < -0.3 is 4.74 Å². The number of nitrogens with two attached hydrogens (primary N) is 1. The van der Waals surface area contributed by atoms with Crippen LogP contribution in [0.25, 0.3) is 0 Å². The van der Waals surface area contributed by atoms with Crippen LogP contribution in [0.5, 0.6) is 0 Å². The average molecular weight is 239 g/mol. The van der Waals surface area contributed by atoms with E-state index in [4.69, 9.17) is 5.14 Å². The minimum atomic E-state index is -3.98. The molecule has 0 aliphatic carbocycles. The summed E-state index contributed by atoms with van der Waals surface area (Å²) < 4.78 is 38.4. The zero-order valence-corrected chi connectivity index (χ0v) is 8.62. The second-order valence-electron chi connectivity index (χ2n) is 2.28. The van der Waals surface area contributed by atoms with Gasteiger partial charge in [-0.3, -0.25) is 0 Å². The molecule has 0 aromatic carbocycles. The van der Waals surface area contributed by atoms with Gasteiger partial charge in [0.25, 0.3) is 0 Å². The lowest BCUT2D eigenvalue weighted by Gasteiger charge is -1.92. The summed E-state index contributed by atoms with van der Waals surface area (Å²) in [6, 6.07) is 0.687. The van der Waals surface area contributed by atoms with Crippen LogP contribution in [0, 0.1) is 5.82 Å². The van der Waals surface area contributed by atoms with Crippen molar-refractivity contribution >= 4 is 27.3 Å². The maximum absolute atomic E-state index is 13.0. The highest BCUT2D eigenvalue weighted by atomic mass is 32.2. The Morgan fingerprint density at radius 2 is 2.21 bits per heavy atom. The van der Waals surface area contributed by atoms with Gasteiger partial charge in [-0.15, -0.1) is 11.3 Å². The zero-order valence-electron chi connectivity index (χ0n) is 6.98. The van der Waals surface area contributed by atoms with E-state index in [0.29, 0.717) is 17.4 Å². The van der Waals surface area contributed by atoms with Crippen LogP contribution in [0.3, 0.4) is 0 Å². The summed E-state index contributed by atoms with van der Waals surface area (Å²) in [5.41, 5.74) is 0. The number of esters is 1. The van der Waals surface area contributed by atoms with Gasteiger partial charge in [-0.25, -0.2) is 22.7 Å². The molecule has 0 fully saturated rings. The molecule has 0 atom stereocenters. The Morgan fingerprint density at radius 1 is 1.64 bits per heavy atom. The molecule has 0 unspecified atom stereocenters. The molecule has 0 aliphatic heterocycles. The van der Waals surface area contributed by atoms with Gasteiger partial charge in [0.1, 0.15) is 14.9 Å². The molecule has 0 spiro atoms. The summed E-state index contributed by atoms with van der Waals surface area (Å²) in [7, 11) is -2.91. The molecule has 8 heteroatoms. The van der Waals surface area contributed by atoms with Gasteiger partial charge in [-0.05, 0) is 0 Å². The Kier molecular flexibility index (Phi) is 2.88. The fraction of sp³-hybridized carbons (Fsp3) is 0.167. The van der Waals surface area contributed by atoms with Crippen LogP contribution in [-0.4, -0.2) is 21.5 Å². The summed E-state index contributed by atoms with van der Waals surface area (Å²) in [5.74, 6) is -1.88. The van der Waals surface area contributed by atoms with Gasteiger partial charge in [-0.2, -0.15) is 0 Å².